The molecule has 3 nitrogen and oxygen atoms in total. The molecule has 4 aliphatic carbocycles. The van der Waals surface area contributed by atoms with Crippen molar-refractivity contribution in [2.24, 2.45) is 34.0 Å². The summed E-state index contributed by atoms with van der Waals surface area (Å²) in [7, 11) is 0. The minimum Gasteiger partial charge on any atom is -0.463 e. The van der Waals surface area contributed by atoms with E-state index in [1.54, 1.807) is 0 Å². The molecule has 0 aromatic carbocycles. The summed E-state index contributed by atoms with van der Waals surface area (Å²) in [6, 6.07) is 0. The largest absolute Gasteiger partial charge is 0.463 e. The molecule has 0 heterocycles. The topological polar surface area (TPSA) is 43.4 Å². The summed E-state index contributed by atoms with van der Waals surface area (Å²) in [5, 5.41) is 0. The predicted molar refractivity (Wildman–Crippen MR) is 96.9 cm³/mol. The predicted octanol–water partition coefficient (Wildman–Crippen LogP) is 4.92. The minimum absolute atomic E-state index is 0.0276. The first-order valence-corrected chi connectivity index (χ1v) is 10.4. The van der Waals surface area contributed by atoms with Crippen molar-refractivity contribution in [3.05, 3.63) is 0 Å². The lowest BCUT2D eigenvalue weighted by Crippen LogP contribution is -2.58. The molecule has 4 aliphatic rings. The Morgan fingerprint density at radius 3 is 2.48 bits per heavy atom. The maximum Gasteiger partial charge on any atom is 0.302 e. The fourth-order valence-electron chi connectivity index (χ4n) is 7.69. The summed E-state index contributed by atoms with van der Waals surface area (Å²) in [4.78, 5) is 23.9. The van der Waals surface area contributed by atoms with Crippen molar-refractivity contribution < 1.29 is 14.3 Å². The van der Waals surface area contributed by atoms with E-state index in [0.717, 1.165) is 43.9 Å². The average molecular weight is 347 g/mol. The molecular weight excluding hydrogens is 312 g/mol. The monoisotopic (exact) mass is 346 g/mol. The molecule has 0 bridgehead atoms. The van der Waals surface area contributed by atoms with Gasteiger partial charge in [0.15, 0.2) is 0 Å². The van der Waals surface area contributed by atoms with Gasteiger partial charge in [-0.25, -0.2) is 0 Å². The summed E-state index contributed by atoms with van der Waals surface area (Å²) in [5.41, 5.74) is 0.572. The molecule has 0 unspecified atom stereocenters. The van der Waals surface area contributed by atoms with Gasteiger partial charge in [0.2, 0.25) is 0 Å². The third-order valence-corrected chi connectivity index (χ3v) is 9.37. The van der Waals surface area contributed by atoms with Crippen LogP contribution in [0.1, 0.15) is 85.5 Å². The van der Waals surface area contributed by atoms with Crippen LogP contribution < -0.4 is 0 Å². The Bertz CT molecular complexity index is 598. The molecule has 7 atom stereocenters. The smallest absolute Gasteiger partial charge is 0.302 e. The fraction of sp³-hybridized carbons (Fsp3) is 0.909. The second kappa shape index (κ2) is 5.57. The number of carbonyl (C=O) groups is 2. The highest BCUT2D eigenvalue weighted by Gasteiger charge is 2.63. The van der Waals surface area contributed by atoms with Crippen LogP contribution >= 0.6 is 0 Å². The Hall–Kier alpha value is -0.860. The van der Waals surface area contributed by atoms with Crippen LogP contribution in [0.25, 0.3) is 0 Å². The number of ether oxygens (including phenoxy) is 1. The van der Waals surface area contributed by atoms with Crippen molar-refractivity contribution in [3.63, 3.8) is 0 Å². The highest BCUT2D eigenvalue weighted by atomic mass is 16.5. The van der Waals surface area contributed by atoms with E-state index in [4.69, 9.17) is 4.74 Å². The number of hydrogen-bond donors (Lipinski definition) is 0. The van der Waals surface area contributed by atoms with Crippen molar-refractivity contribution in [1.82, 2.24) is 0 Å². The minimum atomic E-state index is -0.135. The van der Waals surface area contributed by atoms with E-state index >= 15 is 0 Å². The molecule has 4 rings (SSSR count). The van der Waals surface area contributed by atoms with Gasteiger partial charge in [-0.2, -0.15) is 0 Å². The number of esters is 1. The average Bonchev–Trinajstić information content (AvgIpc) is 2.84. The second-order valence-corrected chi connectivity index (χ2v) is 10.3. The maximum absolute atomic E-state index is 12.5. The van der Waals surface area contributed by atoms with Crippen LogP contribution in [0, 0.1) is 34.0 Å². The number of fused-ring (bicyclic) bond motifs is 5. The van der Waals surface area contributed by atoms with Crippen molar-refractivity contribution in [2.75, 3.05) is 0 Å². The summed E-state index contributed by atoms with van der Waals surface area (Å²) < 4.78 is 5.60. The van der Waals surface area contributed by atoms with Crippen molar-refractivity contribution in [2.45, 2.75) is 91.6 Å². The van der Waals surface area contributed by atoms with Gasteiger partial charge in [-0.05, 0) is 80.0 Å². The van der Waals surface area contributed by atoms with Gasteiger partial charge in [-0.1, -0.05) is 20.8 Å². The SMILES string of the molecule is CC(=O)O[C@@H]1CC[C@]2(C)[C@@H]3CC[C@]4(C)C(=O)CC[C@@H]4[C@@H]3CC[C@@]2(C)C1. The molecule has 140 valence electrons. The normalized spacial score (nSPS) is 52.1. The van der Waals surface area contributed by atoms with Gasteiger partial charge < -0.3 is 4.74 Å². The van der Waals surface area contributed by atoms with E-state index < -0.39 is 0 Å². The molecular formula is C22H34O3. The van der Waals surface area contributed by atoms with E-state index in [1.165, 1.54) is 32.6 Å². The quantitative estimate of drug-likeness (QED) is 0.633. The zero-order valence-corrected chi connectivity index (χ0v) is 16.4. The highest BCUT2D eigenvalue weighted by molar-refractivity contribution is 5.87. The number of Topliss-reactive ketones (excluding diaryl/α,β-unsaturated/α-hetero) is 1. The molecule has 0 radical (unpaired) electrons. The standard InChI is InChI=1S/C22H34O3/c1-14(23)25-15-7-12-22(4)18-9-11-21(3)17(5-6-19(21)24)16(18)8-10-20(22,2)13-15/h15-18H,5-13H2,1-4H3/t15-,16+,17-,18-,20+,21+,22-/m1/s1. The molecule has 3 heteroatoms. The molecule has 0 amide bonds. The van der Waals surface area contributed by atoms with Crippen LogP contribution in [-0.4, -0.2) is 17.9 Å². The van der Waals surface area contributed by atoms with Crippen LogP contribution in [-0.2, 0) is 14.3 Å². The zero-order chi connectivity index (χ0) is 18.0. The number of ketones is 1. The Labute approximate surface area is 152 Å². The summed E-state index contributed by atoms with van der Waals surface area (Å²) in [6.07, 6.45) is 10.0. The van der Waals surface area contributed by atoms with Gasteiger partial charge in [-0.15, -0.1) is 0 Å². The lowest BCUT2D eigenvalue weighted by Gasteiger charge is -2.64. The van der Waals surface area contributed by atoms with Crippen LogP contribution in [0.4, 0.5) is 0 Å². The number of rotatable bonds is 1. The summed E-state index contributed by atoms with van der Waals surface area (Å²) in [6.45, 7) is 8.77. The van der Waals surface area contributed by atoms with E-state index in [-0.39, 0.29) is 22.9 Å². The van der Waals surface area contributed by atoms with Crippen LogP contribution in [0.3, 0.4) is 0 Å². The van der Waals surface area contributed by atoms with E-state index in [1.807, 2.05) is 0 Å². The number of carbonyl (C=O) groups excluding carboxylic acids is 2. The molecule has 0 aromatic heterocycles. The van der Waals surface area contributed by atoms with E-state index in [0.29, 0.717) is 17.1 Å². The van der Waals surface area contributed by atoms with E-state index in [2.05, 4.69) is 20.8 Å². The van der Waals surface area contributed by atoms with Gasteiger partial charge in [0.1, 0.15) is 11.9 Å². The number of hydrogen-bond acceptors (Lipinski definition) is 3. The molecule has 0 N–H and O–H groups in total. The molecule has 0 saturated heterocycles. The molecule has 4 fully saturated rings. The Morgan fingerprint density at radius 2 is 1.76 bits per heavy atom. The third-order valence-electron chi connectivity index (χ3n) is 9.37. The Morgan fingerprint density at radius 1 is 1.00 bits per heavy atom. The molecule has 4 saturated carbocycles. The second-order valence-electron chi connectivity index (χ2n) is 10.3. The Balaban J connectivity index is 1.60. The fourth-order valence-corrected chi connectivity index (χ4v) is 7.69. The highest BCUT2D eigenvalue weighted by Crippen LogP contribution is 2.69. The van der Waals surface area contributed by atoms with Crippen LogP contribution in [0.5, 0.6) is 0 Å². The summed E-state index contributed by atoms with van der Waals surface area (Å²) >= 11 is 0. The molecule has 0 aromatic rings. The van der Waals surface area contributed by atoms with Gasteiger partial charge in [0.25, 0.3) is 0 Å². The first kappa shape index (κ1) is 17.5. The summed E-state index contributed by atoms with van der Waals surface area (Å²) in [5.74, 6) is 2.49. The first-order valence-electron chi connectivity index (χ1n) is 10.4. The van der Waals surface area contributed by atoms with Gasteiger partial charge in [-0.3, -0.25) is 9.59 Å². The maximum atomic E-state index is 12.5. The first-order chi connectivity index (χ1) is 11.7. The van der Waals surface area contributed by atoms with Crippen molar-refractivity contribution in [1.29, 1.82) is 0 Å². The van der Waals surface area contributed by atoms with Gasteiger partial charge >= 0.3 is 5.97 Å². The molecule has 0 spiro atoms. The van der Waals surface area contributed by atoms with Gasteiger partial charge in [0.05, 0.1) is 0 Å². The van der Waals surface area contributed by atoms with Crippen molar-refractivity contribution >= 4 is 11.8 Å². The van der Waals surface area contributed by atoms with Crippen LogP contribution in [0.2, 0.25) is 0 Å². The third kappa shape index (κ3) is 2.36. The van der Waals surface area contributed by atoms with Gasteiger partial charge in [0, 0.05) is 18.8 Å². The molecule has 0 aliphatic heterocycles. The van der Waals surface area contributed by atoms with Crippen molar-refractivity contribution in [3.8, 4) is 0 Å². The molecule has 25 heavy (non-hydrogen) atoms. The zero-order valence-electron chi connectivity index (χ0n) is 16.4. The van der Waals surface area contributed by atoms with Crippen LogP contribution in [0.15, 0.2) is 0 Å². The lowest BCUT2D eigenvalue weighted by atomic mass is 9.40. The van der Waals surface area contributed by atoms with E-state index in [9.17, 15) is 9.59 Å². The lowest BCUT2D eigenvalue weighted by molar-refractivity contribution is -0.181. The Kier molecular flexibility index (Phi) is 3.91.